The van der Waals surface area contributed by atoms with E-state index in [9.17, 15) is 0 Å². The normalized spacial score (nSPS) is 11.1. The zero-order valence-corrected chi connectivity index (χ0v) is 12.5. The molecule has 0 aliphatic rings. The molecule has 1 N–H and O–H groups in total. The summed E-state index contributed by atoms with van der Waals surface area (Å²) < 4.78 is 7.35. The Kier molecular flexibility index (Phi) is 5.63. The Morgan fingerprint density at radius 3 is 2.84 bits per heavy atom. The van der Waals surface area contributed by atoms with Gasteiger partial charge in [0.1, 0.15) is 0 Å². The summed E-state index contributed by atoms with van der Waals surface area (Å²) in [5.74, 6) is 0. The largest absolute Gasteiger partial charge is 0.383 e. The number of hydrogen-bond donors (Lipinski definition) is 1. The maximum absolute atomic E-state index is 5.03. The number of ether oxygens (including phenoxy) is 1. The van der Waals surface area contributed by atoms with Crippen LogP contribution in [0.25, 0.3) is 0 Å². The van der Waals surface area contributed by atoms with Crippen molar-refractivity contribution in [1.82, 2.24) is 9.88 Å². The fraction of sp³-hybridized carbons (Fsp3) is 0.467. The van der Waals surface area contributed by atoms with Crippen LogP contribution < -0.4 is 5.32 Å². The van der Waals surface area contributed by atoms with E-state index in [-0.39, 0.29) is 0 Å². The van der Waals surface area contributed by atoms with Crippen molar-refractivity contribution in [2.45, 2.75) is 26.4 Å². The van der Waals surface area contributed by atoms with E-state index >= 15 is 0 Å². The molecule has 19 heavy (non-hydrogen) atoms. The highest BCUT2D eigenvalue weighted by Gasteiger charge is 2.04. The van der Waals surface area contributed by atoms with Crippen LogP contribution in [0.5, 0.6) is 0 Å². The second-order valence-electron chi connectivity index (χ2n) is 4.52. The van der Waals surface area contributed by atoms with E-state index in [1.54, 1.807) is 7.11 Å². The molecule has 0 bridgehead atoms. The third kappa shape index (κ3) is 4.20. The quantitative estimate of drug-likeness (QED) is 0.751. The van der Waals surface area contributed by atoms with Gasteiger partial charge in [-0.05, 0) is 30.7 Å². The molecule has 0 atom stereocenters. The molecule has 2 rings (SSSR count). The minimum absolute atomic E-state index is 0.755. The number of nitrogens with zero attached hydrogens (tertiary/aromatic N) is 1. The molecule has 0 fully saturated rings. The summed E-state index contributed by atoms with van der Waals surface area (Å²) in [4.78, 5) is 2.88. The second kappa shape index (κ2) is 7.48. The van der Waals surface area contributed by atoms with Crippen molar-refractivity contribution in [3.63, 3.8) is 0 Å². The van der Waals surface area contributed by atoms with Gasteiger partial charge in [0.2, 0.25) is 0 Å². The lowest BCUT2D eigenvalue weighted by atomic mass is 10.3. The Labute approximate surface area is 119 Å². The molecule has 104 valence electrons. The van der Waals surface area contributed by atoms with E-state index in [1.807, 2.05) is 11.3 Å². The van der Waals surface area contributed by atoms with Crippen LogP contribution in [-0.4, -0.2) is 24.8 Å². The lowest BCUT2D eigenvalue weighted by molar-refractivity contribution is 0.199. The zero-order chi connectivity index (χ0) is 13.5. The van der Waals surface area contributed by atoms with Crippen LogP contribution in [0.4, 0.5) is 0 Å². The molecule has 0 radical (unpaired) electrons. The van der Waals surface area contributed by atoms with E-state index in [0.29, 0.717) is 0 Å². The molecule has 0 aliphatic carbocycles. The summed E-state index contributed by atoms with van der Waals surface area (Å²) >= 11 is 1.91. The minimum atomic E-state index is 0.755. The molecular weight excluding hydrogens is 256 g/mol. The van der Waals surface area contributed by atoms with Gasteiger partial charge in [0.05, 0.1) is 13.2 Å². The van der Waals surface area contributed by atoms with Gasteiger partial charge < -0.3 is 14.6 Å². The Balaban J connectivity index is 1.91. The predicted octanol–water partition coefficient (Wildman–Crippen LogP) is 2.90. The molecular formula is C15H22N2OS. The Bertz CT molecular complexity index is 490. The van der Waals surface area contributed by atoms with E-state index < -0.39 is 0 Å². The average Bonchev–Trinajstić information content (AvgIpc) is 3.05. The van der Waals surface area contributed by atoms with Crippen molar-refractivity contribution in [3.8, 4) is 0 Å². The highest BCUT2D eigenvalue weighted by Crippen LogP contribution is 2.19. The number of rotatable bonds is 8. The van der Waals surface area contributed by atoms with E-state index in [0.717, 1.165) is 32.7 Å². The number of hydrogen-bond acceptors (Lipinski definition) is 3. The number of thiophene rings is 1. The first kappa shape index (κ1) is 14.3. The minimum Gasteiger partial charge on any atom is -0.383 e. The SMILES string of the molecule is CCc1ccc(Cn2cccc2CNCCOC)s1. The van der Waals surface area contributed by atoms with Gasteiger partial charge >= 0.3 is 0 Å². The molecule has 0 aromatic carbocycles. The maximum Gasteiger partial charge on any atom is 0.0587 e. The van der Waals surface area contributed by atoms with Crippen LogP contribution in [0.3, 0.4) is 0 Å². The van der Waals surface area contributed by atoms with E-state index in [4.69, 9.17) is 4.74 Å². The summed E-state index contributed by atoms with van der Waals surface area (Å²) in [6.45, 7) is 5.71. The van der Waals surface area contributed by atoms with Crippen LogP contribution in [0, 0.1) is 0 Å². The fourth-order valence-corrected chi connectivity index (χ4v) is 2.98. The van der Waals surface area contributed by atoms with Gasteiger partial charge in [0, 0.05) is 41.8 Å². The molecule has 2 aromatic rings. The lowest BCUT2D eigenvalue weighted by Gasteiger charge is -2.09. The zero-order valence-electron chi connectivity index (χ0n) is 11.7. The maximum atomic E-state index is 5.03. The summed E-state index contributed by atoms with van der Waals surface area (Å²) in [6, 6.07) is 8.77. The predicted molar refractivity (Wildman–Crippen MR) is 80.8 cm³/mol. The first-order valence-electron chi connectivity index (χ1n) is 6.74. The van der Waals surface area contributed by atoms with Gasteiger partial charge in [-0.25, -0.2) is 0 Å². The Hall–Kier alpha value is -1.10. The van der Waals surface area contributed by atoms with Gasteiger partial charge in [0.25, 0.3) is 0 Å². The summed E-state index contributed by atoms with van der Waals surface area (Å²) in [5.41, 5.74) is 1.32. The van der Waals surface area contributed by atoms with Crippen LogP contribution >= 0.6 is 11.3 Å². The van der Waals surface area contributed by atoms with Crippen molar-refractivity contribution in [2.24, 2.45) is 0 Å². The van der Waals surface area contributed by atoms with Crippen molar-refractivity contribution in [3.05, 3.63) is 45.9 Å². The number of aryl methyl sites for hydroxylation is 1. The number of aromatic nitrogens is 1. The molecule has 2 heterocycles. The standard InChI is InChI=1S/C15H22N2OS/c1-3-14-6-7-15(19-14)12-17-9-4-5-13(17)11-16-8-10-18-2/h4-7,9,16H,3,8,10-12H2,1-2H3. The number of nitrogens with one attached hydrogen (secondary N) is 1. The molecule has 0 aliphatic heterocycles. The molecule has 2 aromatic heterocycles. The second-order valence-corrected chi connectivity index (χ2v) is 5.77. The van der Waals surface area contributed by atoms with Crippen molar-refractivity contribution >= 4 is 11.3 Å². The first-order chi connectivity index (χ1) is 9.33. The Morgan fingerprint density at radius 1 is 1.26 bits per heavy atom. The van der Waals surface area contributed by atoms with E-state index in [2.05, 4.69) is 47.3 Å². The lowest BCUT2D eigenvalue weighted by Crippen LogP contribution is -2.20. The fourth-order valence-electron chi connectivity index (χ4n) is 2.02. The van der Waals surface area contributed by atoms with E-state index in [1.165, 1.54) is 15.4 Å². The molecule has 3 nitrogen and oxygen atoms in total. The third-order valence-corrected chi connectivity index (χ3v) is 4.32. The monoisotopic (exact) mass is 278 g/mol. The molecule has 0 spiro atoms. The highest BCUT2D eigenvalue weighted by molar-refractivity contribution is 7.11. The van der Waals surface area contributed by atoms with Crippen molar-refractivity contribution < 1.29 is 4.74 Å². The van der Waals surface area contributed by atoms with Gasteiger partial charge in [-0.3, -0.25) is 0 Å². The van der Waals surface area contributed by atoms with Crippen LogP contribution in [-0.2, 0) is 24.2 Å². The van der Waals surface area contributed by atoms with Crippen LogP contribution in [0.2, 0.25) is 0 Å². The average molecular weight is 278 g/mol. The summed E-state index contributed by atoms with van der Waals surface area (Å²) in [7, 11) is 1.73. The first-order valence-corrected chi connectivity index (χ1v) is 7.56. The van der Waals surface area contributed by atoms with Crippen LogP contribution in [0.1, 0.15) is 22.4 Å². The van der Waals surface area contributed by atoms with Gasteiger partial charge in [0.15, 0.2) is 0 Å². The molecule has 4 heteroatoms. The third-order valence-electron chi connectivity index (χ3n) is 3.10. The van der Waals surface area contributed by atoms with Gasteiger partial charge in [-0.2, -0.15) is 0 Å². The molecule has 0 saturated carbocycles. The van der Waals surface area contributed by atoms with Gasteiger partial charge in [-0.15, -0.1) is 11.3 Å². The Morgan fingerprint density at radius 2 is 2.11 bits per heavy atom. The topological polar surface area (TPSA) is 26.2 Å². The summed E-state index contributed by atoms with van der Waals surface area (Å²) in [5, 5.41) is 3.39. The number of methoxy groups -OCH3 is 1. The van der Waals surface area contributed by atoms with Crippen molar-refractivity contribution in [2.75, 3.05) is 20.3 Å². The molecule has 0 saturated heterocycles. The smallest absolute Gasteiger partial charge is 0.0587 e. The molecule has 0 unspecified atom stereocenters. The van der Waals surface area contributed by atoms with Gasteiger partial charge in [-0.1, -0.05) is 6.92 Å². The van der Waals surface area contributed by atoms with Crippen LogP contribution in [0.15, 0.2) is 30.5 Å². The highest BCUT2D eigenvalue weighted by atomic mass is 32.1. The van der Waals surface area contributed by atoms with Crippen molar-refractivity contribution in [1.29, 1.82) is 0 Å². The molecule has 0 amide bonds. The summed E-state index contributed by atoms with van der Waals surface area (Å²) in [6.07, 6.45) is 3.28.